The molecule has 0 aliphatic carbocycles. The molecule has 0 spiro atoms. The summed E-state index contributed by atoms with van der Waals surface area (Å²) in [6, 6.07) is 6.97. The molecule has 10 heteroatoms. The number of carbonyl (C=O) groups is 1. The number of ether oxygens (including phenoxy) is 1. The molecule has 0 unspecified atom stereocenters. The van der Waals surface area contributed by atoms with Crippen molar-refractivity contribution in [2.45, 2.75) is 31.5 Å². The van der Waals surface area contributed by atoms with E-state index in [-0.39, 0.29) is 23.6 Å². The molecule has 0 amide bonds. The van der Waals surface area contributed by atoms with Crippen molar-refractivity contribution in [1.82, 2.24) is 19.6 Å². The smallest absolute Gasteiger partial charge is 0.338 e. The van der Waals surface area contributed by atoms with E-state index in [1.54, 1.807) is 30.5 Å². The number of rotatable bonds is 6. The fourth-order valence-electron chi connectivity index (χ4n) is 2.72. The number of methoxy groups -OCH3 is 1. The van der Waals surface area contributed by atoms with Gasteiger partial charge in [0.1, 0.15) is 0 Å². The Morgan fingerprint density at radius 2 is 1.96 bits per heavy atom. The van der Waals surface area contributed by atoms with Gasteiger partial charge in [0.25, 0.3) is 5.16 Å². The van der Waals surface area contributed by atoms with Gasteiger partial charge in [-0.3, -0.25) is 0 Å². The number of nitrogens with zero attached hydrogens (tertiary/aromatic N) is 4. The first-order chi connectivity index (χ1) is 13.2. The Morgan fingerprint density at radius 3 is 2.61 bits per heavy atom. The SMILES string of the molecule is COC(=O)c1ccccc1CNc1nc(S(C)(=O)=O)nc2c(C(C)C)cnn12. The number of fused-ring (bicyclic) bond motifs is 1. The van der Waals surface area contributed by atoms with Gasteiger partial charge < -0.3 is 10.1 Å². The molecule has 1 N–H and O–H groups in total. The number of sulfone groups is 1. The Labute approximate surface area is 162 Å². The van der Waals surface area contributed by atoms with Gasteiger partial charge in [0.2, 0.25) is 15.8 Å². The largest absolute Gasteiger partial charge is 0.465 e. The highest BCUT2D eigenvalue weighted by molar-refractivity contribution is 7.90. The average molecular weight is 403 g/mol. The highest BCUT2D eigenvalue weighted by Gasteiger charge is 2.20. The molecule has 28 heavy (non-hydrogen) atoms. The quantitative estimate of drug-likeness (QED) is 0.622. The predicted molar refractivity (Wildman–Crippen MR) is 103 cm³/mol. The van der Waals surface area contributed by atoms with Crippen LogP contribution in [0.4, 0.5) is 5.95 Å². The monoisotopic (exact) mass is 403 g/mol. The van der Waals surface area contributed by atoms with Crippen LogP contribution in [0.25, 0.3) is 5.65 Å². The fraction of sp³-hybridized carbons (Fsp3) is 0.333. The molecule has 2 heterocycles. The number of hydrogen-bond acceptors (Lipinski definition) is 8. The van der Waals surface area contributed by atoms with Crippen LogP contribution in [-0.2, 0) is 21.1 Å². The average Bonchev–Trinajstić information content (AvgIpc) is 3.09. The van der Waals surface area contributed by atoms with Crippen molar-refractivity contribution >= 4 is 27.4 Å². The number of aromatic nitrogens is 4. The standard InChI is InChI=1S/C18H21N5O4S/c1-11(2)14-10-20-23-15(14)21-18(28(4,25)26)22-17(23)19-9-12-7-5-6-8-13(12)16(24)27-3/h5-8,10-11H,9H2,1-4H3,(H,19,21,22). The highest BCUT2D eigenvalue weighted by atomic mass is 32.2. The van der Waals surface area contributed by atoms with Gasteiger partial charge in [0, 0.05) is 18.4 Å². The Bertz CT molecular complexity index is 1140. The Hall–Kier alpha value is -3.01. The second kappa shape index (κ2) is 7.55. The lowest BCUT2D eigenvalue weighted by molar-refractivity contribution is 0.0599. The molecule has 0 saturated heterocycles. The number of carbonyl (C=O) groups excluding carboxylic acids is 1. The summed E-state index contributed by atoms with van der Waals surface area (Å²) in [5.74, 6) is -0.132. The van der Waals surface area contributed by atoms with Crippen LogP contribution in [0.15, 0.2) is 35.6 Å². The number of esters is 1. The van der Waals surface area contributed by atoms with Gasteiger partial charge in [-0.25, -0.2) is 13.2 Å². The van der Waals surface area contributed by atoms with Crippen molar-refractivity contribution in [2.24, 2.45) is 0 Å². The third-order valence-electron chi connectivity index (χ3n) is 4.19. The van der Waals surface area contributed by atoms with E-state index >= 15 is 0 Å². The van der Waals surface area contributed by atoms with Crippen LogP contribution in [0.5, 0.6) is 0 Å². The van der Waals surface area contributed by atoms with Crippen LogP contribution in [0.3, 0.4) is 0 Å². The lowest BCUT2D eigenvalue weighted by atomic mass is 10.1. The number of nitrogens with one attached hydrogen (secondary N) is 1. The van der Waals surface area contributed by atoms with E-state index in [9.17, 15) is 13.2 Å². The zero-order valence-electron chi connectivity index (χ0n) is 16.0. The van der Waals surface area contributed by atoms with E-state index in [0.717, 1.165) is 11.8 Å². The minimum absolute atomic E-state index is 0.104. The molecule has 0 atom stereocenters. The van der Waals surface area contributed by atoms with E-state index < -0.39 is 15.8 Å². The summed E-state index contributed by atoms with van der Waals surface area (Å²) in [6.07, 6.45) is 2.70. The Morgan fingerprint density at radius 1 is 1.25 bits per heavy atom. The van der Waals surface area contributed by atoms with Crippen LogP contribution in [0, 0.1) is 0 Å². The maximum atomic E-state index is 12.0. The molecule has 0 saturated carbocycles. The molecule has 0 bridgehead atoms. The van der Waals surface area contributed by atoms with Crippen molar-refractivity contribution in [1.29, 1.82) is 0 Å². The minimum atomic E-state index is -3.62. The van der Waals surface area contributed by atoms with Crippen molar-refractivity contribution < 1.29 is 17.9 Å². The maximum absolute atomic E-state index is 12.0. The lowest BCUT2D eigenvalue weighted by Gasteiger charge is -2.12. The Kier molecular flexibility index (Phi) is 5.32. The van der Waals surface area contributed by atoms with Crippen molar-refractivity contribution in [2.75, 3.05) is 18.7 Å². The van der Waals surface area contributed by atoms with Crippen LogP contribution >= 0.6 is 0 Å². The van der Waals surface area contributed by atoms with Crippen molar-refractivity contribution in [3.8, 4) is 0 Å². The van der Waals surface area contributed by atoms with Crippen LogP contribution in [-0.4, -0.2) is 47.3 Å². The van der Waals surface area contributed by atoms with Crippen LogP contribution in [0.1, 0.15) is 41.3 Å². The zero-order chi connectivity index (χ0) is 20.5. The first-order valence-electron chi connectivity index (χ1n) is 8.58. The summed E-state index contributed by atoms with van der Waals surface area (Å²) in [6.45, 7) is 4.16. The van der Waals surface area contributed by atoms with Crippen molar-refractivity contribution in [3.63, 3.8) is 0 Å². The van der Waals surface area contributed by atoms with Gasteiger partial charge in [-0.05, 0) is 17.5 Å². The highest BCUT2D eigenvalue weighted by Crippen LogP contribution is 2.22. The molecule has 0 radical (unpaired) electrons. The first kappa shape index (κ1) is 19.7. The predicted octanol–water partition coefficient (Wildman–Crippen LogP) is 2.05. The molecule has 148 valence electrons. The minimum Gasteiger partial charge on any atom is -0.465 e. The molecule has 0 fully saturated rings. The van der Waals surface area contributed by atoms with Crippen molar-refractivity contribution in [3.05, 3.63) is 47.2 Å². The van der Waals surface area contributed by atoms with Gasteiger partial charge >= 0.3 is 5.97 Å². The van der Waals surface area contributed by atoms with E-state index in [0.29, 0.717) is 16.8 Å². The first-order valence-corrected chi connectivity index (χ1v) is 10.5. The molecule has 3 rings (SSSR count). The molecule has 0 aliphatic heterocycles. The summed E-state index contributed by atoms with van der Waals surface area (Å²) in [5.41, 5.74) is 2.33. The molecule has 3 aromatic rings. The van der Waals surface area contributed by atoms with Crippen LogP contribution in [0.2, 0.25) is 0 Å². The van der Waals surface area contributed by atoms with E-state index in [2.05, 4.69) is 20.4 Å². The van der Waals surface area contributed by atoms with Gasteiger partial charge in [0.05, 0.1) is 18.9 Å². The number of benzene rings is 1. The maximum Gasteiger partial charge on any atom is 0.338 e. The molecular weight excluding hydrogens is 382 g/mol. The van der Waals surface area contributed by atoms with Gasteiger partial charge in [0.15, 0.2) is 5.65 Å². The summed E-state index contributed by atoms with van der Waals surface area (Å²) in [7, 11) is -2.31. The summed E-state index contributed by atoms with van der Waals surface area (Å²) in [5, 5.41) is 7.07. The molecule has 9 nitrogen and oxygen atoms in total. The summed E-state index contributed by atoms with van der Waals surface area (Å²) < 4.78 is 30.4. The van der Waals surface area contributed by atoms with E-state index in [1.807, 2.05) is 13.8 Å². The number of anilines is 1. The molecular formula is C18H21N5O4S. The third kappa shape index (κ3) is 3.81. The lowest BCUT2D eigenvalue weighted by Crippen LogP contribution is -2.15. The summed E-state index contributed by atoms with van der Waals surface area (Å²) in [4.78, 5) is 20.3. The summed E-state index contributed by atoms with van der Waals surface area (Å²) >= 11 is 0. The second-order valence-corrected chi connectivity index (χ2v) is 8.50. The number of hydrogen-bond donors (Lipinski definition) is 1. The van der Waals surface area contributed by atoms with E-state index in [1.165, 1.54) is 11.6 Å². The molecule has 0 aliphatic rings. The van der Waals surface area contributed by atoms with E-state index in [4.69, 9.17) is 4.74 Å². The van der Waals surface area contributed by atoms with Gasteiger partial charge in [-0.2, -0.15) is 19.6 Å². The third-order valence-corrected chi connectivity index (χ3v) is 5.03. The normalized spacial score (nSPS) is 11.8. The second-order valence-electron chi connectivity index (χ2n) is 6.59. The van der Waals surface area contributed by atoms with Gasteiger partial charge in [-0.15, -0.1) is 0 Å². The molecule has 1 aromatic carbocycles. The van der Waals surface area contributed by atoms with Crippen LogP contribution < -0.4 is 5.32 Å². The topological polar surface area (TPSA) is 116 Å². The zero-order valence-corrected chi connectivity index (χ0v) is 16.8. The Balaban J connectivity index is 2.05. The van der Waals surface area contributed by atoms with Gasteiger partial charge in [-0.1, -0.05) is 32.0 Å². The fourth-order valence-corrected chi connectivity index (χ4v) is 3.23. The molecule has 2 aromatic heterocycles.